The van der Waals surface area contributed by atoms with E-state index in [1.54, 1.807) is 12.1 Å². The molecule has 0 saturated carbocycles. The Bertz CT molecular complexity index is 526. The Kier molecular flexibility index (Phi) is 4.44. The van der Waals surface area contributed by atoms with Gasteiger partial charge in [0.05, 0.1) is 5.69 Å². The summed E-state index contributed by atoms with van der Waals surface area (Å²) in [6, 6.07) is 8.93. The molecule has 0 radical (unpaired) electrons. The van der Waals surface area contributed by atoms with Crippen LogP contribution in [0, 0.1) is 12.7 Å². The highest BCUT2D eigenvalue weighted by Gasteiger charge is 2.02. The number of hydrogen-bond donors (Lipinski definition) is 1. The van der Waals surface area contributed by atoms with Crippen molar-refractivity contribution in [3.05, 3.63) is 63.6 Å². The summed E-state index contributed by atoms with van der Waals surface area (Å²) in [5.74, 6) is -0.192. The van der Waals surface area contributed by atoms with Crippen LogP contribution in [0.5, 0.6) is 0 Å². The van der Waals surface area contributed by atoms with Crippen LogP contribution in [0.4, 0.5) is 4.39 Å². The smallest absolute Gasteiger partial charge is 0.127 e. The number of pyridine rings is 1. The van der Waals surface area contributed by atoms with Crippen LogP contribution in [0.15, 0.2) is 41.0 Å². The van der Waals surface area contributed by atoms with E-state index < -0.39 is 0 Å². The SMILES string of the molecule is Cc1ccc(CNCc2cc(Br)ccc2F)nc1. The number of hydrogen-bond acceptors (Lipinski definition) is 2. The second-order valence-electron chi connectivity index (χ2n) is 4.17. The Morgan fingerprint density at radius 2 is 2.06 bits per heavy atom. The van der Waals surface area contributed by atoms with Crippen molar-refractivity contribution >= 4 is 15.9 Å². The molecule has 0 atom stereocenters. The number of nitrogens with one attached hydrogen (secondary N) is 1. The van der Waals surface area contributed by atoms with E-state index in [1.165, 1.54) is 6.07 Å². The second kappa shape index (κ2) is 6.07. The summed E-state index contributed by atoms with van der Waals surface area (Å²) in [6.07, 6.45) is 1.83. The van der Waals surface area contributed by atoms with Crippen molar-refractivity contribution < 1.29 is 4.39 Å². The van der Waals surface area contributed by atoms with E-state index in [0.717, 1.165) is 15.7 Å². The van der Waals surface area contributed by atoms with Crippen LogP contribution < -0.4 is 5.32 Å². The summed E-state index contributed by atoms with van der Waals surface area (Å²) < 4.78 is 14.4. The fraction of sp³-hybridized carbons (Fsp3) is 0.214. The van der Waals surface area contributed by atoms with Gasteiger partial charge in [0.15, 0.2) is 0 Å². The molecular weight excluding hydrogens is 295 g/mol. The average molecular weight is 309 g/mol. The molecule has 0 aliphatic carbocycles. The lowest BCUT2D eigenvalue weighted by Crippen LogP contribution is -2.14. The third-order valence-corrected chi connectivity index (χ3v) is 3.10. The lowest BCUT2D eigenvalue weighted by Gasteiger charge is -2.06. The minimum absolute atomic E-state index is 0.192. The summed E-state index contributed by atoms with van der Waals surface area (Å²) in [6.45, 7) is 3.12. The normalized spacial score (nSPS) is 10.6. The first-order chi connectivity index (χ1) is 8.65. The maximum atomic E-state index is 13.5. The molecule has 0 fully saturated rings. The van der Waals surface area contributed by atoms with Gasteiger partial charge in [-0.15, -0.1) is 0 Å². The molecule has 0 bridgehead atoms. The highest BCUT2D eigenvalue weighted by Crippen LogP contribution is 2.15. The Balaban J connectivity index is 1.92. The largest absolute Gasteiger partial charge is 0.307 e. The van der Waals surface area contributed by atoms with Crippen molar-refractivity contribution in [3.8, 4) is 0 Å². The van der Waals surface area contributed by atoms with E-state index in [-0.39, 0.29) is 5.82 Å². The van der Waals surface area contributed by atoms with Crippen LogP contribution in [0.2, 0.25) is 0 Å². The molecule has 1 N–H and O–H groups in total. The molecule has 0 saturated heterocycles. The Hall–Kier alpha value is -1.26. The van der Waals surface area contributed by atoms with Crippen molar-refractivity contribution in [2.45, 2.75) is 20.0 Å². The minimum Gasteiger partial charge on any atom is -0.307 e. The maximum Gasteiger partial charge on any atom is 0.127 e. The zero-order valence-corrected chi connectivity index (χ0v) is 11.7. The van der Waals surface area contributed by atoms with E-state index in [4.69, 9.17) is 0 Å². The molecule has 94 valence electrons. The van der Waals surface area contributed by atoms with Crippen LogP contribution in [-0.4, -0.2) is 4.98 Å². The second-order valence-corrected chi connectivity index (χ2v) is 5.08. The van der Waals surface area contributed by atoms with Crippen LogP contribution in [0.3, 0.4) is 0 Å². The van der Waals surface area contributed by atoms with Crippen molar-refractivity contribution in [2.75, 3.05) is 0 Å². The summed E-state index contributed by atoms with van der Waals surface area (Å²) in [5, 5.41) is 3.18. The van der Waals surface area contributed by atoms with E-state index in [2.05, 4.69) is 26.2 Å². The number of rotatable bonds is 4. The summed E-state index contributed by atoms with van der Waals surface area (Å²) in [4.78, 5) is 4.28. The van der Waals surface area contributed by atoms with Gasteiger partial charge >= 0.3 is 0 Å². The topological polar surface area (TPSA) is 24.9 Å². The van der Waals surface area contributed by atoms with E-state index >= 15 is 0 Å². The molecular formula is C14H14BrFN2. The first-order valence-corrected chi connectivity index (χ1v) is 6.50. The van der Waals surface area contributed by atoms with Crippen molar-refractivity contribution in [1.82, 2.24) is 10.3 Å². The molecule has 2 aromatic rings. The zero-order valence-electron chi connectivity index (χ0n) is 10.1. The van der Waals surface area contributed by atoms with Crippen LogP contribution in [0.1, 0.15) is 16.8 Å². The Labute approximate surface area is 114 Å². The number of aromatic nitrogens is 1. The van der Waals surface area contributed by atoms with Crippen molar-refractivity contribution in [3.63, 3.8) is 0 Å². The monoisotopic (exact) mass is 308 g/mol. The first-order valence-electron chi connectivity index (χ1n) is 5.71. The number of halogens is 2. The van der Waals surface area contributed by atoms with Gasteiger partial charge < -0.3 is 5.32 Å². The van der Waals surface area contributed by atoms with Crippen LogP contribution in [-0.2, 0) is 13.1 Å². The molecule has 0 aliphatic rings. The van der Waals surface area contributed by atoms with Gasteiger partial charge in [0.1, 0.15) is 5.82 Å². The van der Waals surface area contributed by atoms with Gasteiger partial charge in [-0.25, -0.2) is 4.39 Å². The molecule has 1 aromatic heterocycles. The quantitative estimate of drug-likeness (QED) is 0.934. The van der Waals surface area contributed by atoms with Crippen LogP contribution >= 0.6 is 15.9 Å². The molecule has 4 heteroatoms. The molecule has 1 heterocycles. The highest BCUT2D eigenvalue weighted by atomic mass is 79.9. The van der Waals surface area contributed by atoms with Gasteiger partial charge in [0.2, 0.25) is 0 Å². The molecule has 2 rings (SSSR count). The molecule has 0 spiro atoms. The Morgan fingerprint density at radius 1 is 1.22 bits per heavy atom. The van der Waals surface area contributed by atoms with Gasteiger partial charge in [0, 0.05) is 29.3 Å². The molecule has 1 aromatic carbocycles. The van der Waals surface area contributed by atoms with Gasteiger partial charge in [-0.3, -0.25) is 4.98 Å². The van der Waals surface area contributed by atoms with Crippen molar-refractivity contribution in [2.24, 2.45) is 0 Å². The summed E-state index contributed by atoms with van der Waals surface area (Å²) >= 11 is 3.33. The standard InChI is InChI=1S/C14H14BrFN2/c1-10-2-4-13(18-7-10)9-17-8-11-6-12(15)3-5-14(11)16/h2-7,17H,8-9H2,1H3. The fourth-order valence-corrected chi connectivity index (χ4v) is 2.02. The molecule has 18 heavy (non-hydrogen) atoms. The van der Waals surface area contributed by atoms with Crippen molar-refractivity contribution in [1.29, 1.82) is 0 Å². The number of benzene rings is 1. The Morgan fingerprint density at radius 3 is 2.78 bits per heavy atom. The third-order valence-electron chi connectivity index (χ3n) is 2.60. The average Bonchev–Trinajstić information content (AvgIpc) is 2.36. The lowest BCUT2D eigenvalue weighted by molar-refractivity contribution is 0.585. The zero-order chi connectivity index (χ0) is 13.0. The molecule has 0 amide bonds. The van der Waals surface area contributed by atoms with Gasteiger partial charge in [-0.05, 0) is 36.8 Å². The number of aryl methyl sites for hydroxylation is 1. The van der Waals surface area contributed by atoms with Gasteiger partial charge in [0.25, 0.3) is 0 Å². The highest BCUT2D eigenvalue weighted by molar-refractivity contribution is 9.10. The number of nitrogens with zero attached hydrogens (tertiary/aromatic N) is 1. The van der Waals surface area contributed by atoms with E-state index in [0.29, 0.717) is 18.7 Å². The predicted octanol–water partition coefficient (Wildman–Crippen LogP) is 3.58. The van der Waals surface area contributed by atoms with Crippen LogP contribution in [0.25, 0.3) is 0 Å². The third kappa shape index (κ3) is 3.62. The fourth-order valence-electron chi connectivity index (χ4n) is 1.61. The summed E-state index contributed by atoms with van der Waals surface area (Å²) in [5.41, 5.74) is 2.74. The van der Waals surface area contributed by atoms with Gasteiger partial charge in [-0.2, -0.15) is 0 Å². The molecule has 0 aliphatic heterocycles. The van der Waals surface area contributed by atoms with E-state index in [9.17, 15) is 4.39 Å². The maximum absolute atomic E-state index is 13.5. The first kappa shape index (κ1) is 13.2. The van der Waals surface area contributed by atoms with E-state index in [1.807, 2.05) is 25.3 Å². The molecule has 2 nitrogen and oxygen atoms in total. The van der Waals surface area contributed by atoms with Gasteiger partial charge in [-0.1, -0.05) is 22.0 Å². The lowest BCUT2D eigenvalue weighted by atomic mass is 10.2. The molecule has 0 unspecified atom stereocenters. The minimum atomic E-state index is -0.192. The predicted molar refractivity (Wildman–Crippen MR) is 73.6 cm³/mol. The summed E-state index contributed by atoms with van der Waals surface area (Å²) in [7, 11) is 0.